The summed E-state index contributed by atoms with van der Waals surface area (Å²) >= 11 is 0. The first-order chi connectivity index (χ1) is 10.6. The zero-order chi connectivity index (χ0) is 15.7. The summed E-state index contributed by atoms with van der Waals surface area (Å²) in [4.78, 5) is 22.5. The maximum Gasteiger partial charge on any atom is 0.271 e. The van der Waals surface area contributed by atoms with Gasteiger partial charge in [-0.1, -0.05) is 18.2 Å². The molecule has 0 radical (unpaired) electrons. The van der Waals surface area contributed by atoms with Gasteiger partial charge in [-0.3, -0.25) is 19.6 Å². The van der Waals surface area contributed by atoms with E-state index in [9.17, 15) is 14.9 Å². The standard InChI is InChI=1S/C16H13N3O3/c1-17-15(12-7-9-14(10-8-12)19(21)22)11-16(20)18(17)13-5-3-2-4-6-13/h2-11H,1H3. The molecule has 0 aliphatic heterocycles. The van der Waals surface area contributed by atoms with Crippen molar-refractivity contribution in [2.45, 2.75) is 0 Å². The molecule has 0 bridgehead atoms. The van der Waals surface area contributed by atoms with Crippen molar-refractivity contribution in [2.24, 2.45) is 7.05 Å². The van der Waals surface area contributed by atoms with Crippen molar-refractivity contribution in [2.75, 3.05) is 0 Å². The van der Waals surface area contributed by atoms with Gasteiger partial charge < -0.3 is 0 Å². The molecule has 0 aliphatic rings. The van der Waals surface area contributed by atoms with Crippen LogP contribution in [0.2, 0.25) is 0 Å². The van der Waals surface area contributed by atoms with Crippen molar-refractivity contribution in [1.29, 1.82) is 0 Å². The van der Waals surface area contributed by atoms with E-state index in [-0.39, 0.29) is 11.2 Å². The van der Waals surface area contributed by atoms with Gasteiger partial charge in [0.2, 0.25) is 0 Å². The molecule has 1 aromatic heterocycles. The molecule has 6 nitrogen and oxygen atoms in total. The molecule has 3 aromatic rings. The van der Waals surface area contributed by atoms with Crippen molar-refractivity contribution in [1.82, 2.24) is 9.36 Å². The molecule has 0 atom stereocenters. The Labute approximate surface area is 126 Å². The van der Waals surface area contributed by atoms with E-state index in [1.807, 2.05) is 30.3 Å². The molecule has 0 saturated carbocycles. The van der Waals surface area contributed by atoms with Crippen LogP contribution in [0.1, 0.15) is 0 Å². The van der Waals surface area contributed by atoms with Crippen LogP contribution in [0, 0.1) is 10.1 Å². The van der Waals surface area contributed by atoms with Crippen molar-refractivity contribution in [3.63, 3.8) is 0 Å². The third kappa shape index (κ3) is 2.31. The van der Waals surface area contributed by atoms with Crippen LogP contribution in [0.3, 0.4) is 0 Å². The van der Waals surface area contributed by atoms with E-state index in [2.05, 4.69) is 0 Å². The van der Waals surface area contributed by atoms with E-state index in [4.69, 9.17) is 0 Å². The number of hydrogen-bond acceptors (Lipinski definition) is 3. The number of hydrogen-bond donors (Lipinski definition) is 0. The average Bonchev–Trinajstić information content (AvgIpc) is 2.83. The number of nitro groups is 1. The number of aromatic nitrogens is 2. The first kappa shape index (κ1) is 13.8. The largest absolute Gasteiger partial charge is 0.280 e. The predicted octanol–water partition coefficient (Wildman–Crippen LogP) is 2.75. The van der Waals surface area contributed by atoms with E-state index in [0.29, 0.717) is 5.69 Å². The SMILES string of the molecule is Cn1c(-c2ccc([N+](=O)[O-])cc2)cc(=O)n1-c1ccccc1. The average molecular weight is 295 g/mol. The molecule has 2 aromatic carbocycles. The number of rotatable bonds is 3. The van der Waals surface area contributed by atoms with Crippen LogP contribution in [0.5, 0.6) is 0 Å². The van der Waals surface area contributed by atoms with Crippen molar-refractivity contribution in [3.05, 3.63) is 81.1 Å². The van der Waals surface area contributed by atoms with Gasteiger partial charge in [0.15, 0.2) is 0 Å². The second kappa shape index (κ2) is 5.33. The summed E-state index contributed by atoms with van der Waals surface area (Å²) in [5.74, 6) is 0. The van der Waals surface area contributed by atoms with Crippen LogP contribution in [-0.2, 0) is 7.05 Å². The lowest BCUT2D eigenvalue weighted by molar-refractivity contribution is -0.384. The maximum atomic E-state index is 12.2. The Morgan fingerprint density at radius 1 is 1.00 bits per heavy atom. The highest BCUT2D eigenvalue weighted by molar-refractivity contribution is 5.61. The van der Waals surface area contributed by atoms with Crippen LogP contribution < -0.4 is 5.56 Å². The molecule has 6 heteroatoms. The van der Waals surface area contributed by atoms with Gasteiger partial charge in [-0.15, -0.1) is 0 Å². The fraction of sp³-hybridized carbons (Fsp3) is 0.0625. The van der Waals surface area contributed by atoms with Crippen molar-refractivity contribution in [3.8, 4) is 16.9 Å². The molecule has 0 aliphatic carbocycles. The van der Waals surface area contributed by atoms with Gasteiger partial charge in [0.1, 0.15) is 0 Å². The lowest BCUT2D eigenvalue weighted by Crippen LogP contribution is -2.18. The summed E-state index contributed by atoms with van der Waals surface area (Å²) in [6.07, 6.45) is 0. The number of nitrogens with zero attached hydrogens (tertiary/aromatic N) is 3. The van der Waals surface area contributed by atoms with Crippen molar-refractivity contribution >= 4 is 5.69 Å². The Hall–Kier alpha value is -3.15. The van der Waals surface area contributed by atoms with Crippen molar-refractivity contribution < 1.29 is 4.92 Å². The molecular weight excluding hydrogens is 282 g/mol. The molecule has 0 spiro atoms. The van der Waals surface area contributed by atoms with Gasteiger partial charge >= 0.3 is 0 Å². The van der Waals surface area contributed by atoms with Gasteiger partial charge in [0.25, 0.3) is 11.2 Å². The monoisotopic (exact) mass is 295 g/mol. The Kier molecular flexibility index (Phi) is 3.34. The van der Waals surface area contributed by atoms with Crippen LogP contribution in [0.25, 0.3) is 16.9 Å². The zero-order valence-electron chi connectivity index (χ0n) is 11.8. The summed E-state index contributed by atoms with van der Waals surface area (Å²) in [6, 6.07) is 17.0. The molecule has 22 heavy (non-hydrogen) atoms. The normalized spacial score (nSPS) is 10.6. The molecule has 110 valence electrons. The summed E-state index contributed by atoms with van der Waals surface area (Å²) in [6.45, 7) is 0. The quantitative estimate of drug-likeness (QED) is 0.551. The second-order valence-electron chi connectivity index (χ2n) is 4.84. The molecule has 0 amide bonds. The van der Waals surface area contributed by atoms with Gasteiger partial charge in [0, 0.05) is 30.8 Å². The molecule has 3 rings (SSSR count). The summed E-state index contributed by atoms with van der Waals surface area (Å²) in [7, 11) is 1.78. The lowest BCUT2D eigenvalue weighted by atomic mass is 10.1. The fourth-order valence-electron chi connectivity index (χ4n) is 2.42. The number of benzene rings is 2. The van der Waals surface area contributed by atoms with Crippen LogP contribution in [-0.4, -0.2) is 14.3 Å². The number of para-hydroxylation sites is 1. The predicted molar refractivity (Wildman–Crippen MR) is 83.1 cm³/mol. The fourth-order valence-corrected chi connectivity index (χ4v) is 2.42. The first-order valence-corrected chi connectivity index (χ1v) is 6.67. The Bertz CT molecular complexity index is 877. The van der Waals surface area contributed by atoms with E-state index in [0.717, 1.165) is 11.3 Å². The minimum absolute atomic E-state index is 0.0243. The smallest absolute Gasteiger partial charge is 0.271 e. The Morgan fingerprint density at radius 3 is 2.23 bits per heavy atom. The summed E-state index contributed by atoms with van der Waals surface area (Å²) in [5.41, 5.74) is 2.09. The molecular formula is C16H13N3O3. The molecule has 0 saturated heterocycles. The van der Waals surface area contributed by atoms with E-state index in [1.54, 1.807) is 28.5 Å². The topological polar surface area (TPSA) is 70.1 Å². The molecule has 1 heterocycles. The van der Waals surface area contributed by atoms with E-state index >= 15 is 0 Å². The van der Waals surface area contributed by atoms with Gasteiger partial charge in [0.05, 0.1) is 16.3 Å². The van der Waals surface area contributed by atoms with Crippen LogP contribution in [0.15, 0.2) is 65.5 Å². The highest BCUT2D eigenvalue weighted by Crippen LogP contribution is 2.22. The molecule has 0 fully saturated rings. The third-order valence-electron chi connectivity index (χ3n) is 3.49. The van der Waals surface area contributed by atoms with Crippen LogP contribution >= 0.6 is 0 Å². The maximum absolute atomic E-state index is 12.2. The van der Waals surface area contributed by atoms with Gasteiger partial charge in [-0.25, -0.2) is 4.68 Å². The minimum atomic E-state index is -0.446. The van der Waals surface area contributed by atoms with E-state index < -0.39 is 4.92 Å². The first-order valence-electron chi connectivity index (χ1n) is 6.67. The Morgan fingerprint density at radius 2 is 1.64 bits per heavy atom. The van der Waals surface area contributed by atoms with Gasteiger partial charge in [-0.2, -0.15) is 0 Å². The second-order valence-corrected chi connectivity index (χ2v) is 4.84. The highest BCUT2D eigenvalue weighted by Gasteiger charge is 2.12. The minimum Gasteiger partial charge on any atom is -0.280 e. The van der Waals surface area contributed by atoms with E-state index in [1.165, 1.54) is 18.2 Å². The lowest BCUT2D eigenvalue weighted by Gasteiger charge is -2.10. The summed E-state index contributed by atoms with van der Waals surface area (Å²) < 4.78 is 3.29. The molecule has 0 N–H and O–H groups in total. The Balaban J connectivity index is 2.10. The third-order valence-corrected chi connectivity index (χ3v) is 3.49. The zero-order valence-corrected chi connectivity index (χ0v) is 11.8. The van der Waals surface area contributed by atoms with Crippen LogP contribution in [0.4, 0.5) is 5.69 Å². The number of nitro benzene ring substituents is 1. The highest BCUT2D eigenvalue weighted by atomic mass is 16.6. The summed E-state index contributed by atoms with van der Waals surface area (Å²) in [5, 5.41) is 10.7. The number of non-ortho nitro benzene ring substituents is 1. The van der Waals surface area contributed by atoms with Gasteiger partial charge in [-0.05, 0) is 24.3 Å². The molecule has 0 unspecified atom stereocenters.